The van der Waals surface area contributed by atoms with E-state index in [1.165, 1.54) is 5.56 Å². The summed E-state index contributed by atoms with van der Waals surface area (Å²) in [6.07, 6.45) is 8.07. The van der Waals surface area contributed by atoms with Crippen LogP contribution < -0.4 is 0 Å². The van der Waals surface area contributed by atoms with Crippen LogP contribution in [0, 0.1) is 0 Å². The summed E-state index contributed by atoms with van der Waals surface area (Å²) in [4.78, 5) is 12.0. The average molecular weight is 220 g/mol. The van der Waals surface area contributed by atoms with E-state index < -0.39 is 0 Å². The number of allylic oxidation sites excluding steroid dienone is 7. The van der Waals surface area contributed by atoms with E-state index in [-0.39, 0.29) is 5.78 Å². The Morgan fingerprint density at radius 2 is 1.94 bits per heavy atom. The van der Waals surface area contributed by atoms with Crippen LogP contribution in [0.3, 0.4) is 0 Å². The van der Waals surface area contributed by atoms with Crippen LogP contribution in [-0.4, -0.2) is 5.78 Å². The molecule has 2 aliphatic carbocycles. The summed E-state index contributed by atoms with van der Waals surface area (Å²) in [5.41, 5.74) is 5.36. The molecule has 3 rings (SSSR count). The lowest BCUT2D eigenvalue weighted by Crippen LogP contribution is -2.02. The molecule has 1 nitrogen and oxygen atoms in total. The molecule has 0 unspecified atom stereocenters. The molecule has 2 aliphatic rings. The fourth-order valence-corrected chi connectivity index (χ4v) is 2.54. The molecule has 0 N–H and O–H groups in total. The van der Waals surface area contributed by atoms with Crippen LogP contribution in [0.1, 0.15) is 17.5 Å². The van der Waals surface area contributed by atoms with E-state index in [4.69, 9.17) is 0 Å². The number of hydrogen-bond donors (Lipinski definition) is 0. The molecule has 0 aromatic heterocycles. The number of benzene rings is 1. The number of carbonyl (C=O) groups is 1. The van der Waals surface area contributed by atoms with Gasteiger partial charge in [-0.2, -0.15) is 0 Å². The minimum atomic E-state index is 0.107. The molecule has 0 radical (unpaired) electrons. The molecule has 1 heteroatoms. The molecule has 17 heavy (non-hydrogen) atoms. The van der Waals surface area contributed by atoms with Crippen LogP contribution in [-0.2, 0) is 4.79 Å². The minimum absolute atomic E-state index is 0.107. The topological polar surface area (TPSA) is 17.1 Å². The van der Waals surface area contributed by atoms with Crippen LogP contribution in [0.5, 0.6) is 0 Å². The highest BCUT2D eigenvalue weighted by Gasteiger charge is 2.29. The van der Waals surface area contributed by atoms with Crippen molar-refractivity contribution in [1.29, 1.82) is 0 Å². The van der Waals surface area contributed by atoms with Gasteiger partial charge in [-0.15, -0.1) is 6.58 Å². The minimum Gasteiger partial charge on any atom is -0.289 e. The molecule has 0 atom stereocenters. The van der Waals surface area contributed by atoms with Gasteiger partial charge in [-0.1, -0.05) is 42.5 Å². The summed E-state index contributed by atoms with van der Waals surface area (Å²) in [6.45, 7) is 3.78. The maximum Gasteiger partial charge on any atom is 0.186 e. The molecule has 1 aromatic carbocycles. The average Bonchev–Trinajstić information content (AvgIpc) is 2.67. The van der Waals surface area contributed by atoms with Gasteiger partial charge in [-0.3, -0.25) is 4.79 Å². The highest BCUT2D eigenvalue weighted by Crippen LogP contribution is 2.44. The van der Waals surface area contributed by atoms with Crippen molar-refractivity contribution in [2.45, 2.75) is 6.42 Å². The van der Waals surface area contributed by atoms with Gasteiger partial charge in [0.05, 0.1) is 0 Å². The quantitative estimate of drug-likeness (QED) is 0.696. The fraction of sp³-hybridized carbons (Fsp3) is 0.0625. The van der Waals surface area contributed by atoms with E-state index in [1.807, 2.05) is 30.4 Å². The molecule has 82 valence electrons. The van der Waals surface area contributed by atoms with Gasteiger partial charge in [-0.25, -0.2) is 0 Å². The molecule has 0 saturated carbocycles. The van der Waals surface area contributed by atoms with Gasteiger partial charge in [0.15, 0.2) is 5.78 Å². The third-order valence-electron chi connectivity index (χ3n) is 3.22. The van der Waals surface area contributed by atoms with Crippen molar-refractivity contribution in [1.82, 2.24) is 0 Å². The zero-order valence-electron chi connectivity index (χ0n) is 9.44. The lowest BCUT2D eigenvalue weighted by atomic mass is 9.95. The smallest absolute Gasteiger partial charge is 0.186 e. The van der Waals surface area contributed by atoms with Gasteiger partial charge in [0, 0.05) is 5.57 Å². The summed E-state index contributed by atoms with van der Waals surface area (Å²) in [6, 6.07) is 8.17. The molecular formula is C16H12O. The summed E-state index contributed by atoms with van der Waals surface area (Å²) < 4.78 is 0. The highest BCUT2D eigenvalue weighted by molar-refractivity contribution is 6.25. The first-order valence-electron chi connectivity index (χ1n) is 5.70. The van der Waals surface area contributed by atoms with Crippen molar-refractivity contribution in [2.75, 3.05) is 0 Å². The zero-order chi connectivity index (χ0) is 11.8. The molecule has 0 heterocycles. The van der Waals surface area contributed by atoms with Crippen LogP contribution in [0.25, 0.3) is 11.1 Å². The summed E-state index contributed by atoms with van der Waals surface area (Å²) in [7, 11) is 0. The van der Waals surface area contributed by atoms with E-state index >= 15 is 0 Å². The van der Waals surface area contributed by atoms with Gasteiger partial charge >= 0.3 is 0 Å². The van der Waals surface area contributed by atoms with Gasteiger partial charge in [0.2, 0.25) is 0 Å². The Balaban J connectivity index is 2.30. The van der Waals surface area contributed by atoms with Gasteiger partial charge < -0.3 is 0 Å². The first-order valence-corrected chi connectivity index (χ1v) is 5.70. The Morgan fingerprint density at radius 3 is 2.71 bits per heavy atom. The molecule has 0 fully saturated rings. The lowest BCUT2D eigenvalue weighted by molar-refractivity contribution is -0.110. The Morgan fingerprint density at radius 1 is 1.18 bits per heavy atom. The van der Waals surface area contributed by atoms with E-state index in [2.05, 4.69) is 18.7 Å². The Hall–Kier alpha value is -2.15. The van der Waals surface area contributed by atoms with Crippen molar-refractivity contribution in [3.8, 4) is 0 Å². The first kappa shape index (κ1) is 10.0. The Labute approximate surface area is 100 Å². The van der Waals surface area contributed by atoms with Gasteiger partial charge in [-0.05, 0) is 34.8 Å². The summed E-state index contributed by atoms with van der Waals surface area (Å²) in [5, 5.41) is 0. The van der Waals surface area contributed by atoms with E-state index in [9.17, 15) is 4.79 Å². The van der Waals surface area contributed by atoms with E-state index in [0.29, 0.717) is 0 Å². The summed E-state index contributed by atoms with van der Waals surface area (Å²) in [5.74, 6) is 0.107. The van der Waals surface area contributed by atoms with Crippen LogP contribution in [0.15, 0.2) is 60.7 Å². The van der Waals surface area contributed by atoms with Gasteiger partial charge in [0.1, 0.15) is 0 Å². The van der Waals surface area contributed by atoms with Crippen molar-refractivity contribution < 1.29 is 4.79 Å². The molecule has 1 aromatic rings. The van der Waals surface area contributed by atoms with Crippen LogP contribution in [0.2, 0.25) is 0 Å². The lowest BCUT2D eigenvalue weighted by Gasteiger charge is -2.07. The zero-order valence-corrected chi connectivity index (χ0v) is 9.44. The second-order valence-electron chi connectivity index (χ2n) is 4.20. The summed E-state index contributed by atoms with van der Waals surface area (Å²) >= 11 is 0. The van der Waals surface area contributed by atoms with Crippen molar-refractivity contribution >= 4 is 16.9 Å². The largest absolute Gasteiger partial charge is 0.289 e. The van der Waals surface area contributed by atoms with Crippen LogP contribution >= 0.6 is 0 Å². The number of ketones is 1. The highest BCUT2D eigenvalue weighted by atomic mass is 16.1. The second kappa shape index (κ2) is 3.70. The third kappa shape index (κ3) is 1.36. The standard InChI is InChI=1S/C16H12O/c1-2-6-13-11-7-3-4-8-12(11)14-9-5-10-15(17)16(13)14/h2-5,7-10H,1,6H2. The van der Waals surface area contributed by atoms with E-state index in [1.54, 1.807) is 6.08 Å². The normalized spacial score (nSPS) is 16.7. The molecular weight excluding hydrogens is 208 g/mol. The number of fused-ring (bicyclic) bond motifs is 3. The van der Waals surface area contributed by atoms with Gasteiger partial charge in [0.25, 0.3) is 0 Å². The predicted octanol–water partition coefficient (Wildman–Crippen LogP) is 3.55. The van der Waals surface area contributed by atoms with Crippen molar-refractivity contribution in [2.24, 2.45) is 0 Å². The van der Waals surface area contributed by atoms with Crippen molar-refractivity contribution in [3.05, 3.63) is 71.8 Å². The predicted molar refractivity (Wildman–Crippen MR) is 70.3 cm³/mol. The molecule has 0 spiro atoms. The monoisotopic (exact) mass is 220 g/mol. The maximum absolute atomic E-state index is 12.0. The number of carbonyl (C=O) groups excluding carboxylic acids is 1. The molecule has 0 amide bonds. The molecule has 0 bridgehead atoms. The second-order valence-corrected chi connectivity index (χ2v) is 4.20. The first-order chi connectivity index (χ1) is 8.33. The fourth-order valence-electron chi connectivity index (χ4n) is 2.54. The Bertz CT molecular complexity index is 612. The Kier molecular flexibility index (Phi) is 2.19. The van der Waals surface area contributed by atoms with E-state index in [0.717, 1.165) is 28.7 Å². The number of rotatable bonds is 2. The number of hydrogen-bond acceptors (Lipinski definition) is 1. The van der Waals surface area contributed by atoms with Crippen LogP contribution in [0.4, 0.5) is 0 Å². The molecule has 0 saturated heterocycles. The molecule has 0 aliphatic heterocycles. The SMILES string of the molecule is C=CCC1=C2C(=O)C=CC=C2c2ccccc21. The maximum atomic E-state index is 12.0. The third-order valence-corrected chi connectivity index (χ3v) is 3.22. The van der Waals surface area contributed by atoms with Crippen molar-refractivity contribution in [3.63, 3.8) is 0 Å².